The van der Waals surface area contributed by atoms with Gasteiger partial charge in [0, 0.05) is 37.2 Å². The van der Waals surface area contributed by atoms with E-state index in [2.05, 4.69) is 25.0 Å². The number of aromatic nitrogens is 5. The minimum absolute atomic E-state index is 0.219. The van der Waals surface area contributed by atoms with Crippen LogP contribution in [0, 0.1) is 5.92 Å². The molecule has 0 bridgehead atoms. The van der Waals surface area contributed by atoms with Gasteiger partial charge in [-0.25, -0.2) is 9.97 Å². The lowest BCUT2D eigenvalue weighted by Crippen LogP contribution is -2.41. The van der Waals surface area contributed by atoms with E-state index in [1.807, 2.05) is 16.9 Å². The molecule has 2 atom stereocenters. The van der Waals surface area contributed by atoms with Crippen LogP contribution in [-0.4, -0.2) is 49.3 Å². The Morgan fingerprint density at radius 3 is 2.79 bits per heavy atom. The Morgan fingerprint density at radius 2 is 2.06 bits per heavy atom. The number of nitrogens with one attached hydrogen (secondary N) is 1. The highest BCUT2D eigenvalue weighted by atomic mass is 19.4. The minimum atomic E-state index is -4.58. The standard InChI is InChI=1S/C22H24F3N7O/c23-22(24,25)15-9-14(11-29-19(15)26)16-10-17-21(33-8-7-32(17)30-16)3-6-31(12-21)18(13-1-2-13)20-27-4-5-28-20/h4-5,9-11,13,18H,1-3,6-8,12H2,(H2,26,29)(H,27,28)/t18-,21+/m0/s1. The zero-order valence-electron chi connectivity index (χ0n) is 17.8. The lowest BCUT2D eigenvalue weighted by Gasteiger charge is -2.35. The largest absolute Gasteiger partial charge is 0.419 e. The molecule has 1 saturated carbocycles. The fraction of sp³-hybridized carbons (Fsp3) is 0.500. The first-order valence-electron chi connectivity index (χ1n) is 11.1. The van der Waals surface area contributed by atoms with Gasteiger partial charge in [-0.1, -0.05) is 0 Å². The summed E-state index contributed by atoms with van der Waals surface area (Å²) in [6, 6.07) is 3.08. The number of ether oxygens (including phenoxy) is 1. The zero-order chi connectivity index (χ0) is 22.8. The van der Waals surface area contributed by atoms with Crippen LogP contribution in [-0.2, 0) is 23.1 Å². The maximum atomic E-state index is 13.3. The first-order valence-corrected chi connectivity index (χ1v) is 11.1. The van der Waals surface area contributed by atoms with Gasteiger partial charge in [-0.05, 0) is 37.3 Å². The number of halogens is 3. The summed E-state index contributed by atoms with van der Waals surface area (Å²) < 4.78 is 48.2. The lowest BCUT2D eigenvalue weighted by atomic mass is 9.96. The molecule has 3 aliphatic rings. The normalized spacial score (nSPS) is 24.3. The van der Waals surface area contributed by atoms with Crippen molar-refractivity contribution < 1.29 is 17.9 Å². The molecule has 33 heavy (non-hydrogen) atoms. The van der Waals surface area contributed by atoms with Crippen molar-refractivity contribution >= 4 is 5.82 Å². The Morgan fingerprint density at radius 1 is 1.21 bits per heavy atom. The summed E-state index contributed by atoms with van der Waals surface area (Å²) >= 11 is 0. The van der Waals surface area contributed by atoms with E-state index in [1.165, 1.54) is 19.0 Å². The van der Waals surface area contributed by atoms with Crippen molar-refractivity contribution in [3.8, 4) is 11.3 Å². The summed E-state index contributed by atoms with van der Waals surface area (Å²) in [6.45, 7) is 2.60. The average Bonchev–Trinajstić information content (AvgIpc) is 3.16. The Balaban J connectivity index is 1.33. The Bertz CT molecular complexity index is 1170. The van der Waals surface area contributed by atoms with E-state index in [0.29, 0.717) is 31.3 Å². The van der Waals surface area contributed by atoms with Gasteiger partial charge in [0.1, 0.15) is 17.2 Å². The number of H-pyrrole nitrogens is 1. The molecule has 2 aliphatic heterocycles. The summed E-state index contributed by atoms with van der Waals surface area (Å²) in [4.78, 5) is 14.0. The van der Waals surface area contributed by atoms with Crippen molar-refractivity contribution in [1.82, 2.24) is 29.6 Å². The fourth-order valence-corrected chi connectivity index (χ4v) is 5.26. The fourth-order valence-electron chi connectivity index (χ4n) is 5.26. The number of hydrogen-bond acceptors (Lipinski definition) is 6. The van der Waals surface area contributed by atoms with E-state index in [-0.39, 0.29) is 11.6 Å². The lowest BCUT2D eigenvalue weighted by molar-refractivity contribution is -0.137. The number of imidazole rings is 1. The van der Waals surface area contributed by atoms with Gasteiger partial charge in [-0.2, -0.15) is 18.3 Å². The van der Waals surface area contributed by atoms with Crippen molar-refractivity contribution in [3.05, 3.63) is 47.8 Å². The van der Waals surface area contributed by atoms with Gasteiger partial charge in [0.05, 0.1) is 36.1 Å². The number of likely N-dealkylation sites (tertiary alicyclic amines) is 1. The SMILES string of the molecule is Nc1ncc(-c2cc3n(n2)CCO[C@@]32CCN([C@H](c3ncc[nH]3)C3CC3)C2)cc1C(F)(F)F. The quantitative estimate of drug-likeness (QED) is 0.621. The monoisotopic (exact) mass is 459 g/mol. The highest BCUT2D eigenvalue weighted by molar-refractivity contribution is 5.63. The third-order valence-electron chi connectivity index (χ3n) is 6.97. The molecule has 6 rings (SSSR count). The molecule has 174 valence electrons. The molecule has 3 aromatic heterocycles. The van der Waals surface area contributed by atoms with Crippen LogP contribution in [0.1, 0.15) is 42.4 Å². The number of nitrogen functional groups attached to an aromatic ring is 1. The van der Waals surface area contributed by atoms with Crippen LogP contribution in [0.15, 0.2) is 30.7 Å². The predicted molar refractivity (Wildman–Crippen MR) is 113 cm³/mol. The molecule has 1 aliphatic carbocycles. The van der Waals surface area contributed by atoms with Crippen LogP contribution in [0.5, 0.6) is 0 Å². The molecule has 0 unspecified atom stereocenters. The molecule has 1 spiro atoms. The average molecular weight is 459 g/mol. The van der Waals surface area contributed by atoms with E-state index in [0.717, 1.165) is 30.6 Å². The van der Waals surface area contributed by atoms with Crippen LogP contribution in [0.3, 0.4) is 0 Å². The number of nitrogens with zero attached hydrogens (tertiary/aromatic N) is 5. The molecule has 11 heteroatoms. The van der Waals surface area contributed by atoms with E-state index < -0.39 is 23.2 Å². The van der Waals surface area contributed by atoms with Crippen LogP contribution in [0.25, 0.3) is 11.3 Å². The van der Waals surface area contributed by atoms with Gasteiger partial charge >= 0.3 is 6.18 Å². The second kappa shape index (κ2) is 7.29. The minimum Gasteiger partial charge on any atom is -0.383 e. The van der Waals surface area contributed by atoms with Gasteiger partial charge in [0.15, 0.2) is 0 Å². The maximum Gasteiger partial charge on any atom is 0.419 e. The number of pyridine rings is 1. The second-order valence-corrected chi connectivity index (χ2v) is 9.11. The summed E-state index contributed by atoms with van der Waals surface area (Å²) in [6.07, 6.45) is 3.55. The van der Waals surface area contributed by atoms with Gasteiger partial charge in [-0.15, -0.1) is 0 Å². The molecule has 0 radical (unpaired) electrons. The third kappa shape index (κ3) is 3.50. The van der Waals surface area contributed by atoms with E-state index in [1.54, 1.807) is 6.20 Å². The molecular formula is C22H24F3N7O. The third-order valence-corrected chi connectivity index (χ3v) is 6.97. The smallest absolute Gasteiger partial charge is 0.383 e. The van der Waals surface area contributed by atoms with E-state index in [4.69, 9.17) is 10.5 Å². The molecule has 3 N–H and O–H groups in total. The zero-order valence-corrected chi connectivity index (χ0v) is 17.8. The Labute approximate surface area is 188 Å². The molecule has 1 saturated heterocycles. The van der Waals surface area contributed by atoms with Crippen molar-refractivity contribution in [1.29, 1.82) is 0 Å². The first kappa shape index (κ1) is 20.7. The van der Waals surface area contributed by atoms with Crippen molar-refractivity contribution in [2.75, 3.05) is 25.4 Å². The molecule has 0 aromatic carbocycles. The van der Waals surface area contributed by atoms with Crippen LogP contribution in [0.4, 0.5) is 19.0 Å². The number of rotatable bonds is 4. The first-order chi connectivity index (χ1) is 15.8. The van der Waals surface area contributed by atoms with Gasteiger partial charge in [0.25, 0.3) is 0 Å². The van der Waals surface area contributed by atoms with Crippen LogP contribution >= 0.6 is 0 Å². The van der Waals surface area contributed by atoms with Gasteiger partial charge < -0.3 is 15.5 Å². The molecule has 3 aromatic rings. The van der Waals surface area contributed by atoms with Crippen LogP contribution < -0.4 is 5.73 Å². The summed E-state index contributed by atoms with van der Waals surface area (Å²) in [7, 11) is 0. The number of alkyl halides is 3. The topological polar surface area (TPSA) is 97.9 Å². The molecule has 5 heterocycles. The van der Waals surface area contributed by atoms with Crippen LogP contribution in [0.2, 0.25) is 0 Å². The van der Waals surface area contributed by atoms with Crippen molar-refractivity contribution in [2.24, 2.45) is 5.92 Å². The Kier molecular flexibility index (Phi) is 4.57. The molecule has 2 fully saturated rings. The Hall–Kier alpha value is -2.92. The highest BCUT2D eigenvalue weighted by Gasteiger charge is 2.50. The summed E-state index contributed by atoms with van der Waals surface area (Å²) in [5.74, 6) is 1.02. The van der Waals surface area contributed by atoms with Crippen molar-refractivity contribution in [3.63, 3.8) is 0 Å². The second-order valence-electron chi connectivity index (χ2n) is 9.11. The maximum absolute atomic E-state index is 13.3. The predicted octanol–water partition coefficient (Wildman–Crippen LogP) is 3.35. The highest BCUT2D eigenvalue weighted by Crippen LogP contribution is 2.49. The molecule has 8 nitrogen and oxygen atoms in total. The van der Waals surface area contributed by atoms with E-state index in [9.17, 15) is 13.2 Å². The number of hydrogen-bond donors (Lipinski definition) is 2. The van der Waals surface area contributed by atoms with Crippen molar-refractivity contribution in [2.45, 2.75) is 43.6 Å². The number of nitrogens with two attached hydrogens (primary N) is 1. The van der Waals surface area contributed by atoms with Gasteiger partial charge in [0.2, 0.25) is 0 Å². The molecular weight excluding hydrogens is 435 g/mol. The summed E-state index contributed by atoms with van der Waals surface area (Å²) in [5, 5.41) is 4.61. The van der Waals surface area contributed by atoms with E-state index >= 15 is 0 Å². The summed E-state index contributed by atoms with van der Waals surface area (Å²) in [5.41, 5.74) is 5.60. The molecule has 0 amide bonds. The number of aromatic amines is 1. The number of anilines is 1. The van der Waals surface area contributed by atoms with Gasteiger partial charge in [-0.3, -0.25) is 9.58 Å². The number of fused-ring (bicyclic) bond motifs is 2.